The Labute approximate surface area is 155 Å². The highest BCUT2D eigenvalue weighted by Gasteiger charge is 2.23. The van der Waals surface area contributed by atoms with Crippen molar-refractivity contribution in [2.75, 3.05) is 26.2 Å². The highest BCUT2D eigenvalue weighted by atomic mass is 16.6. The summed E-state index contributed by atoms with van der Waals surface area (Å²) in [6, 6.07) is 12.1. The fraction of sp³-hybridized carbons (Fsp3) is 0.278. The fourth-order valence-electron chi connectivity index (χ4n) is 3.04. The van der Waals surface area contributed by atoms with E-state index >= 15 is 0 Å². The van der Waals surface area contributed by atoms with Crippen molar-refractivity contribution in [2.24, 2.45) is 0 Å². The molecule has 1 aliphatic rings. The van der Waals surface area contributed by atoms with E-state index in [1.807, 2.05) is 6.07 Å². The maximum Gasteiger partial charge on any atom is 0.269 e. The van der Waals surface area contributed by atoms with Gasteiger partial charge in [-0.25, -0.2) is 0 Å². The Morgan fingerprint density at radius 2 is 1.52 bits per heavy atom. The average molecular weight is 370 g/mol. The molecule has 0 aromatic heterocycles. The molecule has 0 atom stereocenters. The summed E-state index contributed by atoms with van der Waals surface area (Å²) >= 11 is 0. The van der Waals surface area contributed by atoms with Gasteiger partial charge in [-0.3, -0.25) is 29.9 Å². The summed E-state index contributed by atoms with van der Waals surface area (Å²) in [6.45, 7) is 2.96. The second-order valence-electron chi connectivity index (χ2n) is 6.30. The first-order valence-electron chi connectivity index (χ1n) is 8.43. The molecule has 27 heavy (non-hydrogen) atoms. The lowest BCUT2D eigenvalue weighted by molar-refractivity contribution is -0.385. The first-order valence-corrected chi connectivity index (χ1v) is 8.43. The van der Waals surface area contributed by atoms with Crippen LogP contribution in [0.3, 0.4) is 0 Å². The van der Waals surface area contributed by atoms with Gasteiger partial charge in [0.15, 0.2) is 0 Å². The number of hydrogen-bond donors (Lipinski definition) is 0. The molecule has 1 fully saturated rings. The molecule has 0 bridgehead atoms. The smallest absolute Gasteiger partial charge is 0.269 e. The van der Waals surface area contributed by atoms with Gasteiger partial charge in [0.05, 0.1) is 9.85 Å². The van der Waals surface area contributed by atoms with E-state index in [9.17, 15) is 25.0 Å². The molecule has 1 heterocycles. The van der Waals surface area contributed by atoms with Crippen molar-refractivity contribution in [1.82, 2.24) is 9.80 Å². The molecular formula is C18H18N4O5. The number of carbonyl (C=O) groups excluding carboxylic acids is 1. The van der Waals surface area contributed by atoms with Crippen molar-refractivity contribution in [3.05, 3.63) is 79.9 Å². The van der Waals surface area contributed by atoms with E-state index in [0.717, 1.165) is 5.56 Å². The van der Waals surface area contributed by atoms with E-state index in [1.54, 1.807) is 17.0 Å². The van der Waals surface area contributed by atoms with Crippen molar-refractivity contribution in [3.8, 4) is 0 Å². The Balaban J connectivity index is 1.56. The molecule has 0 radical (unpaired) electrons. The number of benzene rings is 2. The Kier molecular flexibility index (Phi) is 5.41. The predicted octanol–water partition coefficient (Wildman–Crippen LogP) is 2.46. The maximum absolute atomic E-state index is 12.5. The zero-order valence-electron chi connectivity index (χ0n) is 14.5. The molecule has 140 valence electrons. The summed E-state index contributed by atoms with van der Waals surface area (Å²) < 4.78 is 0. The monoisotopic (exact) mass is 370 g/mol. The Bertz CT molecular complexity index is 860. The maximum atomic E-state index is 12.5. The molecule has 0 spiro atoms. The number of non-ortho nitro benzene ring substituents is 2. The second-order valence-corrected chi connectivity index (χ2v) is 6.30. The number of rotatable bonds is 5. The summed E-state index contributed by atoms with van der Waals surface area (Å²) in [7, 11) is 0. The van der Waals surface area contributed by atoms with E-state index in [1.165, 1.54) is 30.3 Å². The second kappa shape index (κ2) is 7.92. The zero-order chi connectivity index (χ0) is 19.4. The van der Waals surface area contributed by atoms with E-state index in [-0.39, 0.29) is 17.3 Å². The molecule has 1 aliphatic heterocycles. The molecule has 0 N–H and O–H groups in total. The third kappa shape index (κ3) is 4.45. The largest absolute Gasteiger partial charge is 0.336 e. The van der Waals surface area contributed by atoms with E-state index in [4.69, 9.17) is 0 Å². The Hall–Kier alpha value is -3.33. The summed E-state index contributed by atoms with van der Waals surface area (Å²) in [5.41, 5.74) is 1.31. The van der Waals surface area contributed by atoms with Crippen LogP contribution in [0.4, 0.5) is 11.4 Å². The molecule has 2 aromatic carbocycles. The standard InChI is InChI=1S/C18H18N4O5/c23-18(15-4-6-16(7-5-15)21(24)25)20-10-8-19(9-11-20)13-14-2-1-3-17(12-14)22(26)27/h1-7,12H,8-11,13H2. The molecule has 9 nitrogen and oxygen atoms in total. The molecular weight excluding hydrogens is 352 g/mol. The Morgan fingerprint density at radius 3 is 2.11 bits per heavy atom. The van der Waals surface area contributed by atoms with Crippen LogP contribution in [0.15, 0.2) is 48.5 Å². The van der Waals surface area contributed by atoms with Gasteiger partial charge >= 0.3 is 0 Å². The summed E-state index contributed by atoms with van der Waals surface area (Å²) in [5.74, 6) is -0.153. The van der Waals surface area contributed by atoms with Gasteiger partial charge in [-0.15, -0.1) is 0 Å². The Morgan fingerprint density at radius 1 is 0.889 bits per heavy atom. The van der Waals surface area contributed by atoms with E-state index in [2.05, 4.69) is 4.90 Å². The van der Waals surface area contributed by atoms with E-state index < -0.39 is 9.85 Å². The normalized spacial score (nSPS) is 14.7. The van der Waals surface area contributed by atoms with Crippen molar-refractivity contribution in [1.29, 1.82) is 0 Å². The van der Waals surface area contributed by atoms with Crippen LogP contribution in [0.25, 0.3) is 0 Å². The molecule has 1 amide bonds. The third-order valence-corrected chi connectivity index (χ3v) is 4.51. The topological polar surface area (TPSA) is 110 Å². The summed E-state index contributed by atoms with van der Waals surface area (Å²) in [4.78, 5) is 37.0. The number of nitro benzene ring substituents is 2. The molecule has 0 aliphatic carbocycles. The number of hydrogen-bond acceptors (Lipinski definition) is 6. The summed E-state index contributed by atoms with van der Waals surface area (Å²) in [6.07, 6.45) is 0. The minimum absolute atomic E-state index is 0.0478. The number of amides is 1. The van der Waals surface area contributed by atoms with Gasteiger partial charge in [-0.2, -0.15) is 0 Å². The number of carbonyl (C=O) groups is 1. The zero-order valence-corrected chi connectivity index (χ0v) is 14.5. The van der Waals surface area contributed by atoms with Crippen LogP contribution >= 0.6 is 0 Å². The lowest BCUT2D eigenvalue weighted by Crippen LogP contribution is -2.48. The van der Waals surface area contributed by atoms with Crippen LogP contribution in [-0.4, -0.2) is 51.7 Å². The summed E-state index contributed by atoms with van der Waals surface area (Å²) in [5, 5.41) is 21.6. The van der Waals surface area contributed by atoms with Crippen LogP contribution < -0.4 is 0 Å². The molecule has 3 rings (SSSR count). The van der Waals surface area contributed by atoms with Gasteiger partial charge in [0.2, 0.25) is 0 Å². The molecule has 2 aromatic rings. The lowest BCUT2D eigenvalue weighted by Gasteiger charge is -2.34. The molecule has 9 heteroatoms. The number of piperazine rings is 1. The fourth-order valence-corrected chi connectivity index (χ4v) is 3.04. The van der Waals surface area contributed by atoms with Crippen molar-refractivity contribution >= 4 is 17.3 Å². The van der Waals surface area contributed by atoms with Crippen molar-refractivity contribution in [3.63, 3.8) is 0 Å². The van der Waals surface area contributed by atoms with Gasteiger partial charge in [0.25, 0.3) is 17.3 Å². The quantitative estimate of drug-likeness (QED) is 0.591. The van der Waals surface area contributed by atoms with Crippen LogP contribution in [0.1, 0.15) is 15.9 Å². The third-order valence-electron chi connectivity index (χ3n) is 4.51. The number of nitrogens with zero attached hydrogens (tertiary/aromatic N) is 4. The van der Waals surface area contributed by atoms with Gasteiger partial charge in [-0.05, 0) is 17.7 Å². The van der Waals surface area contributed by atoms with Crippen LogP contribution in [0.2, 0.25) is 0 Å². The van der Waals surface area contributed by atoms with Crippen molar-refractivity contribution < 1.29 is 14.6 Å². The van der Waals surface area contributed by atoms with Gasteiger partial charge in [-0.1, -0.05) is 12.1 Å². The molecule has 1 saturated heterocycles. The SMILES string of the molecule is O=C(c1ccc([N+](=O)[O-])cc1)N1CCN(Cc2cccc([N+](=O)[O-])c2)CC1. The van der Waals surface area contributed by atoms with Gasteiger partial charge in [0.1, 0.15) is 0 Å². The van der Waals surface area contributed by atoms with Gasteiger partial charge < -0.3 is 4.90 Å². The molecule has 0 unspecified atom stereocenters. The van der Waals surface area contributed by atoms with E-state index in [0.29, 0.717) is 38.3 Å². The first kappa shape index (κ1) is 18.5. The van der Waals surface area contributed by atoms with Crippen LogP contribution in [0.5, 0.6) is 0 Å². The van der Waals surface area contributed by atoms with Gasteiger partial charge in [0, 0.05) is 62.6 Å². The highest BCUT2D eigenvalue weighted by Crippen LogP contribution is 2.17. The highest BCUT2D eigenvalue weighted by molar-refractivity contribution is 5.94. The lowest BCUT2D eigenvalue weighted by atomic mass is 10.1. The minimum Gasteiger partial charge on any atom is -0.336 e. The van der Waals surface area contributed by atoms with Crippen molar-refractivity contribution in [2.45, 2.75) is 6.54 Å². The van der Waals surface area contributed by atoms with Crippen LogP contribution in [0, 0.1) is 20.2 Å². The predicted molar refractivity (Wildman–Crippen MR) is 97.4 cm³/mol. The minimum atomic E-state index is -0.499. The van der Waals surface area contributed by atoms with Crippen LogP contribution in [-0.2, 0) is 6.54 Å². The molecule has 0 saturated carbocycles. The average Bonchev–Trinajstić information content (AvgIpc) is 2.68. The number of nitro groups is 2. The first-order chi connectivity index (χ1) is 12.9.